The Morgan fingerprint density at radius 3 is 1.75 bits per heavy atom. The van der Waals surface area contributed by atoms with Crippen LogP contribution in [0.5, 0.6) is 0 Å². The first-order chi connectivity index (χ1) is 5.20. The SMILES string of the molecule is C=C(C)C(N)=O.CCP(=O)(O)O. The van der Waals surface area contributed by atoms with Crippen molar-refractivity contribution in [3.05, 3.63) is 12.2 Å². The van der Waals surface area contributed by atoms with Crippen molar-refractivity contribution >= 4 is 13.5 Å². The molecule has 0 aliphatic rings. The predicted molar refractivity (Wildman–Crippen MR) is 46.6 cm³/mol. The van der Waals surface area contributed by atoms with Gasteiger partial charge in [0.05, 0.1) is 0 Å². The van der Waals surface area contributed by atoms with Crippen molar-refractivity contribution in [2.24, 2.45) is 5.73 Å². The highest BCUT2D eigenvalue weighted by molar-refractivity contribution is 7.51. The smallest absolute Gasteiger partial charge is 0.325 e. The van der Waals surface area contributed by atoms with E-state index in [2.05, 4.69) is 6.58 Å². The molecule has 4 N–H and O–H groups in total. The standard InChI is InChI=1S/C4H7NO.C2H7O3P/c1-3(2)4(5)6;1-2-6(3,4)5/h1H2,2H3,(H2,5,6);2H2,1H3,(H2,3,4,5). The first-order valence-electron chi connectivity index (χ1n) is 3.20. The van der Waals surface area contributed by atoms with Gasteiger partial charge < -0.3 is 15.5 Å². The molecule has 5 nitrogen and oxygen atoms in total. The number of nitrogens with two attached hydrogens (primary N) is 1. The Balaban J connectivity index is 0. The van der Waals surface area contributed by atoms with E-state index in [1.807, 2.05) is 0 Å². The summed E-state index contributed by atoms with van der Waals surface area (Å²) < 4.78 is 9.69. The van der Waals surface area contributed by atoms with Gasteiger partial charge in [0, 0.05) is 11.7 Å². The first kappa shape index (κ1) is 13.9. The second-order valence-electron chi connectivity index (χ2n) is 2.13. The van der Waals surface area contributed by atoms with Crippen LogP contribution < -0.4 is 5.73 Å². The predicted octanol–water partition coefficient (Wildman–Crippen LogP) is 0.232. The lowest BCUT2D eigenvalue weighted by Crippen LogP contribution is -2.10. The maximum absolute atomic E-state index is 9.82. The average Bonchev–Trinajstić information content (AvgIpc) is 1.87. The molecule has 12 heavy (non-hydrogen) atoms. The highest BCUT2D eigenvalue weighted by Gasteiger charge is 2.05. The van der Waals surface area contributed by atoms with Gasteiger partial charge in [0.2, 0.25) is 5.91 Å². The molecule has 6 heteroatoms. The van der Waals surface area contributed by atoms with Gasteiger partial charge in [-0.2, -0.15) is 0 Å². The van der Waals surface area contributed by atoms with Crippen molar-refractivity contribution in [1.29, 1.82) is 0 Å². The van der Waals surface area contributed by atoms with Crippen molar-refractivity contribution in [3.8, 4) is 0 Å². The molecule has 72 valence electrons. The molecule has 0 radical (unpaired) electrons. The summed E-state index contributed by atoms with van der Waals surface area (Å²) in [5.41, 5.74) is 5.09. The van der Waals surface area contributed by atoms with E-state index in [0.717, 1.165) is 0 Å². The molecule has 0 aliphatic carbocycles. The third kappa shape index (κ3) is 16.2. The Kier molecular flexibility index (Phi) is 6.89. The summed E-state index contributed by atoms with van der Waals surface area (Å²) in [6.07, 6.45) is -0.0625. The van der Waals surface area contributed by atoms with E-state index < -0.39 is 13.5 Å². The van der Waals surface area contributed by atoms with Gasteiger partial charge >= 0.3 is 7.60 Å². The second-order valence-corrected chi connectivity index (χ2v) is 4.09. The first-order valence-corrected chi connectivity index (χ1v) is 5.00. The number of carbonyl (C=O) groups is 1. The highest BCUT2D eigenvalue weighted by atomic mass is 31.2. The van der Waals surface area contributed by atoms with Crippen LogP contribution in [0.25, 0.3) is 0 Å². The van der Waals surface area contributed by atoms with Gasteiger partial charge in [-0.05, 0) is 6.92 Å². The third-order valence-corrected chi connectivity index (χ3v) is 1.66. The Labute approximate surface area is 71.4 Å². The molecule has 0 aromatic heterocycles. The number of rotatable bonds is 2. The molecular formula is C6H14NO4P. The quantitative estimate of drug-likeness (QED) is 0.433. The van der Waals surface area contributed by atoms with Crippen LogP contribution in [0.4, 0.5) is 0 Å². The zero-order valence-corrected chi connectivity index (χ0v) is 8.04. The largest absolute Gasteiger partial charge is 0.366 e. The molecular weight excluding hydrogens is 181 g/mol. The summed E-state index contributed by atoms with van der Waals surface area (Å²) in [4.78, 5) is 25.7. The molecule has 0 aromatic carbocycles. The summed E-state index contributed by atoms with van der Waals surface area (Å²) in [7, 11) is -3.65. The van der Waals surface area contributed by atoms with Crippen LogP contribution in [-0.2, 0) is 9.36 Å². The molecule has 0 heterocycles. The summed E-state index contributed by atoms with van der Waals surface area (Å²) in [6, 6.07) is 0. The summed E-state index contributed by atoms with van der Waals surface area (Å²) in [5.74, 6) is -0.435. The third-order valence-electron chi connectivity index (χ3n) is 0.833. The van der Waals surface area contributed by atoms with Crippen molar-refractivity contribution in [2.75, 3.05) is 6.16 Å². The molecule has 0 bridgehead atoms. The fraction of sp³-hybridized carbons (Fsp3) is 0.500. The minimum atomic E-state index is -3.65. The number of hydrogen-bond donors (Lipinski definition) is 3. The second kappa shape index (κ2) is 5.94. The molecule has 0 atom stereocenters. The van der Waals surface area contributed by atoms with Crippen molar-refractivity contribution in [2.45, 2.75) is 13.8 Å². The molecule has 0 fully saturated rings. The highest BCUT2D eigenvalue weighted by Crippen LogP contribution is 2.32. The lowest BCUT2D eigenvalue weighted by Gasteiger charge is -1.92. The molecule has 1 amide bonds. The Bertz CT molecular complexity index is 196. The number of hydrogen-bond acceptors (Lipinski definition) is 2. The summed E-state index contributed by atoms with van der Waals surface area (Å²) in [6.45, 7) is 6.30. The van der Waals surface area contributed by atoms with E-state index in [4.69, 9.17) is 15.5 Å². The molecule has 0 saturated heterocycles. The van der Waals surface area contributed by atoms with Gasteiger partial charge in [-0.25, -0.2) is 0 Å². The molecule has 0 unspecified atom stereocenters. The Morgan fingerprint density at radius 1 is 1.58 bits per heavy atom. The van der Waals surface area contributed by atoms with Gasteiger partial charge in [-0.15, -0.1) is 0 Å². The van der Waals surface area contributed by atoms with Crippen molar-refractivity contribution in [1.82, 2.24) is 0 Å². The van der Waals surface area contributed by atoms with E-state index in [9.17, 15) is 9.36 Å². The average molecular weight is 195 g/mol. The maximum Gasteiger partial charge on any atom is 0.325 e. The minimum absolute atomic E-state index is 0.0625. The molecule has 0 spiro atoms. The molecule has 0 saturated carbocycles. The van der Waals surface area contributed by atoms with Crippen LogP contribution in [0.1, 0.15) is 13.8 Å². The lowest BCUT2D eigenvalue weighted by atomic mass is 10.3. The van der Waals surface area contributed by atoms with Gasteiger partial charge in [-0.1, -0.05) is 13.5 Å². The monoisotopic (exact) mass is 195 g/mol. The van der Waals surface area contributed by atoms with Gasteiger partial charge in [0.1, 0.15) is 0 Å². The number of carbonyl (C=O) groups excluding carboxylic acids is 1. The van der Waals surface area contributed by atoms with Gasteiger partial charge in [-0.3, -0.25) is 9.36 Å². The lowest BCUT2D eigenvalue weighted by molar-refractivity contribution is -0.114. The Morgan fingerprint density at radius 2 is 1.75 bits per heavy atom. The topological polar surface area (TPSA) is 101 Å². The summed E-state index contributed by atoms with van der Waals surface area (Å²) in [5, 5.41) is 0. The normalized spacial score (nSPS) is 9.67. The zero-order chi connectivity index (χ0) is 10.4. The molecule has 0 aromatic rings. The number of amides is 1. The van der Waals surface area contributed by atoms with Crippen molar-refractivity contribution in [3.63, 3.8) is 0 Å². The van der Waals surface area contributed by atoms with Crippen LogP contribution >= 0.6 is 7.60 Å². The van der Waals surface area contributed by atoms with E-state index in [1.165, 1.54) is 6.92 Å². The van der Waals surface area contributed by atoms with Crippen molar-refractivity contribution < 1.29 is 19.1 Å². The minimum Gasteiger partial charge on any atom is -0.366 e. The van der Waals surface area contributed by atoms with Crippen LogP contribution in [0.3, 0.4) is 0 Å². The van der Waals surface area contributed by atoms with Crippen LogP contribution in [-0.4, -0.2) is 21.9 Å². The molecule has 0 aliphatic heterocycles. The zero-order valence-electron chi connectivity index (χ0n) is 7.15. The molecule has 0 rings (SSSR count). The van der Waals surface area contributed by atoms with Crippen LogP contribution in [0.2, 0.25) is 0 Å². The Hall–Kier alpha value is -0.640. The maximum atomic E-state index is 9.82. The fourth-order valence-electron chi connectivity index (χ4n) is 0. The van der Waals surface area contributed by atoms with Crippen LogP contribution in [0.15, 0.2) is 12.2 Å². The fourth-order valence-corrected chi connectivity index (χ4v) is 0. The van der Waals surface area contributed by atoms with Crippen LogP contribution in [0, 0.1) is 0 Å². The number of primary amides is 1. The van der Waals surface area contributed by atoms with E-state index in [0.29, 0.717) is 5.57 Å². The van der Waals surface area contributed by atoms with Gasteiger partial charge in [0.15, 0.2) is 0 Å². The summed E-state index contributed by atoms with van der Waals surface area (Å²) >= 11 is 0. The van der Waals surface area contributed by atoms with E-state index in [1.54, 1.807) is 6.92 Å². The van der Waals surface area contributed by atoms with Gasteiger partial charge in [0.25, 0.3) is 0 Å². The van der Waals surface area contributed by atoms with E-state index >= 15 is 0 Å². The van der Waals surface area contributed by atoms with E-state index in [-0.39, 0.29) is 6.16 Å².